The van der Waals surface area contributed by atoms with Crippen molar-refractivity contribution in [1.29, 1.82) is 0 Å². The molecular formula is C20H27N3O. The molecule has 1 aliphatic carbocycles. The van der Waals surface area contributed by atoms with E-state index in [-0.39, 0.29) is 5.91 Å². The molecule has 1 aliphatic rings. The number of para-hydroxylation sites is 1. The number of carbonyl (C=O) groups is 1. The summed E-state index contributed by atoms with van der Waals surface area (Å²) < 4.78 is 2.01. The van der Waals surface area contributed by atoms with Crippen LogP contribution in [-0.4, -0.2) is 21.7 Å². The molecule has 0 radical (unpaired) electrons. The first-order valence-electron chi connectivity index (χ1n) is 9.13. The molecule has 2 aromatic rings. The van der Waals surface area contributed by atoms with Gasteiger partial charge in [-0.3, -0.25) is 4.79 Å². The first-order valence-corrected chi connectivity index (χ1v) is 9.13. The molecule has 4 heteroatoms. The van der Waals surface area contributed by atoms with Gasteiger partial charge >= 0.3 is 0 Å². The van der Waals surface area contributed by atoms with E-state index < -0.39 is 0 Å². The lowest BCUT2D eigenvalue weighted by Gasteiger charge is -2.11. The fraction of sp³-hybridized carbons (Fsp3) is 0.500. The van der Waals surface area contributed by atoms with Crippen molar-refractivity contribution in [2.75, 3.05) is 0 Å². The lowest BCUT2D eigenvalue weighted by atomic mass is 10.0. The van der Waals surface area contributed by atoms with E-state index in [1.165, 1.54) is 5.56 Å². The quantitative estimate of drug-likeness (QED) is 0.837. The molecule has 128 valence electrons. The highest BCUT2D eigenvalue weighted by Gasteiger charge is 2.29. The largest absolute Gasteiger partial charge is 0.349 e. The van der Waals surface area contributed by atoms with Crippen molar-refractivity contribution >= 4 is 5.91 Å². The van der Waals surface area contributed by atoms with E-state index in [9.17, 15) is 4.79 Å². The molecule has 1 N–H and O–H groups in total. The minimum absolute atomic E-state index is 0.0595. The van der Waals surface area contributed by atoms with Crippen LogP contribution in [0.3, 0.4) is 0 Å². The highest BCUT2D eigenvalue weighted by atomic mass is 16.1. The summed E-state index contributed by atoms with van der Waals surface area (Å²) in [6.45, 7) is 6.38. The normalized spacial score (nSPS) is 14.0. The Bertz CT molecular complexity index is 728. The van der Waals surface area contributed by atoms with Gasteiger partial charge in [-0.25, -0.2) is 4.68 Å². The van der Waals surface area contributed by atoms with Gasteiger partial charge in [0.1, 0.15) is 0 Å². The molecule has 0 aliphatic heterocycles. The highest BCUT2D eigenvalue weighted by molar-refractivity contribution is 5.97. The Labute approximate surface area is 144 Å². The first-order chi connectivity index (χ1) is 11.7. The Morgan fingerprint density at radius 3 is 2.54 bits per heavy atom. The fourth-order valence-electron chi connectivity index (χ4n) is 3.13. The molecule has 1 aromatic heterocycles. The number of aryl methyl sites for hydroxylation is 2. The molecule has 24 heavy (non-hydrogen) atoms. The van der Waals surface area contributed by atoms with Crippen molar-refractivity contribution < 1.29 is 4.79 Å². The lowest BCUT2D eigenvalue weighted by Crippen LogP contribution is -2.27. The number of carbonyl (C=O) groups excluding carboxylic acids is 1. The third kappa shape index (κ3) is 3.37. The second-order valence-corrected chi connectivity index (χ2v) is 6.71. The minimum Gasteiger partial charge on any atom is -0.349 e. The third-order valence-electron chi connectivity index (χ3n) is 4.51. The van der Waals surface area contributed by atoms with E-state index in [2.05, 4.69) is 38.2 Å². The zero-order valence-electron chi connectivity index (χ0n) is 14.9. The average Bonchev–Trinajstić information content (AvgIpc) is 3.30. The highest BCUT2D eigenvalue weighted by Crippen LogP contribution is 2.26. The van der Waals surface area contributed by atoms with Crippen LogP contribution in [0.1, 0.15) is 66.8 Å². The number of nitrogens with one attached hydrogen (secondary N) is 1. The number of hydrogen-bond acceptors (Lipinski definition) is 2. The van der Waals surface area contributed by atoms with Gasteiger partial charge in [0.2, 0.25) is 0 Å². The molecule has 0 atom stereocenters. The Balaban J connectivity index is 2.10. The lowest BCUT2D eigenvalue weighted by molar-refractivity contribution is 0.0949. The Morgan fingerprint density at radius 2 is 1.92 bits per heavy atom. The molecule has 1 fully saturated rings. The van der Waals surface area contributed by atoms with Gasteiger partial charge in [-0.15, -0.1) is 0 Å². The molecule has 4 nitrogen and oxygen atoms in total. The van der Waals surface area contributed by atoms with Crippen molar-refractivity contribution in [3.8, 4) is 5.69 Å². The summed E-state index contributed by atoms with van der Waals surface area (Å²) in [7, 11) is 0. The predicted octanol–water partition coefficient (Wildman–Crippen LogP) is 3.98. The molecule has 0 bridgehead atoms. The maximum absolute atomic E-state index is 12.9. The van der Waals surface area contributed by atoms with Crippen molar-refractivity contribution in [2.24, 2.45) is 0 Å². The summed E-state index contributed by atoms with van der Waals surface area (Å²) in [4.78, 5) is 12.9. The van der Waals surface area contributed by atoms with Crippen molar-refractivity contribution in [3.05, 3.63) is 46.8 Å². The number of rotatable bonds is 7. The average molecular weight is 325 g/mol. The second kappa shape index (κ2) is 7.20. The topological polar surface area (TPSA) is 46.9 Å². The molecule has 1 aromatic carbocycles. The Kier molecular flexibility index (Phi) is 5.03. The van der Waals surface area contributed by atoms with Crippen molar-refractivity contribution in [2.45, 2.75) is 65.3 Å². The van der Waals surface area contributed by atoms with Gasteiger partial charge < -0.3 is 5.32 Å². The molecule has 1 saturated carbocycles. The number of hydrogen-bond donors (Lipinski definition) is 1. The molecule has 0 unspecified atom stereocenters. The maximum atomic E-state index is 12.9. The van der Waals surface area contributed by atoms with E-state index in [1.807, 2.05) is 16.8 Å². The zero-order chi connectivity index (χ0) is 17.1. The molecule has 1 amide bonds. The van der Waals surface area contributed by atoms with Crippen LogP contribution >= 0.6 is 0 Å². The molecular weight excluding hydrogens is 298 g/mol. The molecule has 0 spiro atoms. The molecule has 3 rings (SSSR count). The summed E-state index contributed by atoms with van der Waals surface area (Å²) in [5.74, 6) is 0.0595. The SMILES string of the molecule is CCCc1nn(-c2ccccc2C)c(CCC)c1C(=O)NC1CC1. The van der Waals surface area contributed by atoms with Crippen LogP contribution in [0.5, 0.6) is 0 Å². The maximum Gasteiger partial charge on any atom is 0.255 e. The van der Waals surface area contributed by atoms with Crippen molar-refractivity contribution in [1.82, 2.24) is 15.1 Å². The smallest absolute Gasteiger partial charge is 0.255 e. The van der Waals surface area contributed by atoms with Crippen LogP contribution in [0, 0.1) is 6.92 Å². The van der Waals surface area contributed by atoms with E-state index in [4.69, 9.17) is 5.10 Å². The van der Waals surface area contributed by atoms with Crippen LogP contribution in [0.4, 0.5) is 0 Å². The Hall–Kier alpha value is -2.10. The van der Waals surface area contributed by atoms with Gasteiger partial charge in [-0.2, -0.15) is 5.10 Å². The summed E-state index contributed by atoms with van der Waals surface area (Å²) in [6, 6.07) is 8.61. The molecule has 0 saturated heterocycles. The summed E-state index contributed by atoms with van der Waals surface area (Å²) in [5.41, 5.74) is 5.04. The monoisotopic (exact) mass is 325 g/mol. The minimum atomic E-state index is 0.0595. The van der Waals surface area contributed by atoms with Gasteiger partial charge in [-0.05, 0) is 44.2 Å². The summed E-state index contributed by atoms with van der Waals surface area (Å²) >= 11 is 0. The summed E-state index contributed by atoms with van der Waals surface area (Å²) in [5, 5.41) is 8.01. The van der Waals surface area contributed by atoms with Gasteiger partial charge in [-0.1, -0.05) is 44.9 Å². The predicted molar refractivity (Wildman–Crippen MR) is 96.8 cm³/mol. The van der Waals surface area contributed by atoms with Crippen LogP contribution in [0.15, 0.2) is 24.3 Å². The summed E-state index contributed by atoms with van der Waals surface area (Å²) in [6.07, 6.45) is 5.88. The van der Waals surface area contributed by atoms with Gasteiger partial charge in [0, 0.05) is 6.04 Å². The zero-order valence-corrected chi connectivity index (χ0v) is 14.9. The van der Waals surface area contributed by atoms with Gasteiger partial charge in [0.15, 0.2) is 0 Å². The van der Waals surface area contributed by atoms with Crippen LogP contribution in [-0.2, 0) is 12.8 Å². The Morgan fingerprint density at radius 1 is 1.21 bits per heavy atom. The number of amides is 1. The molecule has 1 heterocycles. The standard InChI is InChI=1S/C20H27N3O/c1-4-8-16-19(20(24)21-15-12-13-15)18(9-5-2)23(22-16)17-11-7-6-10-14(17)3/h6-7,10-11,15H,4-5,8-9,12-13H2,1-3H3,(H,21,24). The van der Waals surface area contributed by atoms with E-state index in [1.54, 1.807) is 0 Å². The van der Waals surface area contributed by atoms with E-state index >= 15 is 0 Å². The number of aromatic nitrogens is 2. The van der Waals surface area contributed by atoms with Gasteiger partial charge in [0.05, 0.1) is 22.6 Å². The second-order valence-electron chi connectivity index (χ2n) is 6.71. The van der Waals surface area contributed by atoms with E-state index in [0.29, 0.717) is 6.04 Å². The number of nitrogens with zero attached hydrogens (tertiary/aromatic N) is 2. The van der Waals surface area contributed by atoms with Crippen LogP contribution in [0.2, 0.25) is 0 Å². The number of benzene rings is 1. The van der Waals surface area contributed by atoms with Crippen LogP contribution in [0.25, 0.3) is 5.69 Å². The third-order valence-corrected chi connectivity index (χ3v) is 4.51. The van der Waals surface area contributed by atoms with Crippen LogP contribution < -0.4 is 5.32 Å². The first kappa shape index (κ1) is 16.7. The fourth-order valence-corrected chi connectivity index (χ4v) is 3.13. The van der Waals surface area contributed by atoms with Crippen molar-refractivity contribution in [3.63, 3.8) is 0 Å². The van der Waals surface area contributed by atoms with Gasteiger partial charge in [0.25, 0.3) is 5.91 Å². The van der Waals surface area contributed by atoms with E-state index in [0.717, 1.165) is 61.2 Å².